The summed E-state index contributed by atoms with van der Waals surface area (Å²) in [6, 6.07) is 6.64. The number of rotatable bonds is 3. The maximum absolute atomic E-state index is 13.1. The van der Waals surface area contributed by atoms with Gasteiger partial charge in [0, 0.05) is 17.0 Å². The third-order valence-electron chi connectivity index (χ3n) is 2.51. The van der Waals surface area contributed by atoms with Crippen molar-refractivity contribution in [3.05, 3.63) is 62.3 Å². The van der Waals surface area contributed by atoms with Crippen LogP contribution in [0.1, 0.15) is 17.4 Å². The number of aliphatic hydroxyl groups is 1. The van der Waals surface area contributed by atoms with Gasteiger partial charge in [-0.2, -0.15) is 0 Å². The molecule has 6 heteroatoms. The molecule has 0 radical (unpaired) electrons. The SMILES string of the molecule is O[C@H](Cc1cc(F)cc(F)c1)c1nc(Br)ccc1Br. The molecule has 0 aliphatic heterocycles. The van der Waals surface area contributed by atoms with Gasteiger partial charge in [0.2, 0.25) is 0 Å². The van der Waals surface area contributed by atoms with E-state index in [9.17, 15) is 13.9 Å². The minimum Gasteiger partial charge on any atom is -0.386 e. The smallest absolute Gasteiger partial charge is 0.126 e. The second-order valence-electron chi connectivity index (χ2n) is 4.00. The summed E-state index contributed by atoms with van der Waals surface area (Å²) in [5.74, 6) is -1.33. The van der Waals surface area contributed by atoms with Crippen LogP contribution in [0.15, 0.2) is 39.4 Å². The van der Waals surface area contributed by atoms with Crippen LogP contribution in [-0.2, 0) is 6.42 Å². The Hall–Kier alpha value is -0.850. The van der Waals surface area contributed by atoms with Crippen LogP contribution in [-0.4, -0.2) is 10.1 Å². The molecule has 0 spiro atoms. The van der Waals surface area contributed by atoms with Gasteiger partial charge in [-0.15, -0.1) is 0 Å². The molecule has 1 atom stereocenters. The summed E-state index contributed by atoms with van der Waals surface area (Å²) in [5, 5.41) is 10.1. The molecule has 0 fully saturated rings. The molecule has 2 rings (SSSR count). The predicted molar refractivity (Wildman–Crippen MR) is 74.7 cm³/mol. The number of halogens is 4. The summed E-state index contributed by atoms with van der Waals surface area (Å²) in [5.41, 5.74) is 0.790. The Morgan fingerprint density at radius 1 is 1.11 bits per heavy atom. The Bertz CT molecular complexity index is 587. The van der Waals surface area contributed by atoms with E-state index in [0.29, 0.717) is 20.3 Å². The van der Waals surface area contributed by atoms with Crippen molar-refractivity contribution >= 4 is 31.9 Å². The van der Waals surface area contributed by atoms with E-state index < -0.39 is 17.7 Å². The number of hydrogen-bond donors (Lipinski definition) is 1. The van der Waals surface area contributed by atoms with Gasteiger partial charge in [-0.3, -0.25) is 0 Å². The normalized spacial score (nSPS) is 12.5. The molecular weight excluding hydrogens is 384 g/mol. The van der Waals surface area contributed by atoms with Crippen molar-refractivity contribution < 1.29 is 13.9 Å². The number of aliphatic hydroxyl groups excluding tert-OH is 1. The topological polar surface area (TPSA) is 33.1 Å². The molecule has 100 valence electrons. The van der Waals surface area contributed by atoms with Gasteiger partial charge >= 0.3 is 0 Å². The van der Waals surface area contributed by atoms with Crippen molar-refractivity contribution in [2.45, 2.75) is 12.5 Å². The Labute approximate surface area is 125 Å². The third kappa shape index (κ3) is 3.81. The Morgan fingerprint density at radius 2 is 1.74 bits per heavy atom. The Morgan fingerprint density at radius 3 is 2.37 bits per heavy atom. The van der Waals surface area contributed by atoms with Crippen LogP contribution in [0, 0.1) is 11.6 Å². The molecule has 0 aliphatic rings. The highest BCUT2D eigenvalue weighted by Crippen LogP contribution is 2.26. The molecular formula is C13H9Br2F2NO. The van der Waals surface area contributed by atoms with Crippen molar-refractivity contribution in [1.29, 1.82) is 0 Å². The van der Waals surface area contributed by atoms with Crippen LogP contribution < -0.4 is 0 Å². The minimum absolute atomic E-state index is 0.0801. The quantitative estimate of drug-likeness (QED) is 0.795. The van der Waals surface area contributed by atoms with E-state index in [4.69, 9.17) is 0 Å². The number of pyridine rings is 1. The molecule has 0 aliphatic carbocycles. The fourth-order valence-corrected chi connectivity index (χ4v) is 2.52. The number of aromatic nitrogens is 1. The molecule has 1 heterocycles. The highest BCUT2D eigenvalue weighted by atomic mass is 79.9. The van der Waals surface area contributed by atoms with Gasteiger partial charge in [-0.05, 0) is 61.7 Å². The zero-order valence-corrected chi connectivity index (χ0v) is 12.7. The van der Waals surface area contributed by atoms with E-state index in [0.717, 1.165) is 6.07 Å². The zero-order valence-electron chi connectivity index (χ0n) is 9.58. The molecule has 0 bridgehead atoms. The monoisotopic (exact) mass is 391 g/mol. The van der Waals surface area contributed by atoms with E-state index >= 15 is 0 Å². The van der Waals surface area contributed by atoms with Gasteiger partial charge in [-0.25, -0.2) is 13.8 Å². The van der Waals surface area contributed by atoms with E-state index in [1.165, 1.54) is 12.1 Å². The van der Waals surface area contributed by atoms with Crippen LogP contribution in [0.4, 0.5) is 8.78 Å². The first-order valence-corrected chi connectivity index (χ1v) is 6.99. The first-order valence-electron chi connectivity index (χ1n) is 5.40. The van der Waals surface area contributed by atoms with Gasteiger partial charge in [0.05, 0.1) is 5.69 Å². The maximum Gasteiger partial charge on any atom is 0.126 e. The van der Waals surface area contributed by atoms with Crippen LogP contribution in [0.2, 0.25) is 0 Å². The fraction of sp³-hybridized carbons (Fsp3) is 0.154. The van der Waals surface area contributed by atoms with Gasteiger partial charge in [-0.1, -0.05) is 0 Å². The molecule has 2 nitrogen and oxygen atoms in total. The van der Waals surface area contributed by atoms with E-state index in [1.807, 2.05) is 0 Å². The molecule has 1 aromatic carbocycles. The number of hydrogen-bond acceptors (Lipinski definition) is 2. The van der Waals surface area contributed by atoms with Crippen molar-refractivity contribution in [3.63, 3.8) is 0 Å². The summed E-state index contributed by atoms with van der Waals surface area (Å²) in [6.45, 7) is 0. The molecule has 2 aromatic rings. The van der Waals surface area contributed by atoms with Gasteiger partial charge < -0.3 is 5.11 Å². The summed E-state index contributed by atoms with van der Waals surface area (Å²) in [6.07, 6.45) is -0.871. The predicted octanol–water partition coefficient (Wildman–Crippen LogP) is 4.16. The molecule has 0 saturated carbocycles. The second-order valence-corrected chi connectivity index (χ2v) is 5.67. The summed E-state index contributed by atoms with van der Waals surface area (Å²) in [4.78, 5) is 4.15. The van der Waals surface area contributed by atoms with Crippen LogP contribution >= 0.6 is 31.9 Å². The highest BCUT2D eigenvalue weighted by molar-refractivity contribution is 9.11. The van der Waals surface area contributed by atoms with E-state index in [2.05, 4.69) is 36.8 Å². The van der Waals surface area contributed by atoms with Crippen molar-refractivity contribution in [2.75, 3.05) is 0 Å². The molecule has 19 heavy (non-hydrogen) atoms. The highest BCUT2D eigenvalue weighted by Gasteiger charge is 2.15. The Kier molecular flexibility index (Phi) is 4.65. The largest absolute Gasteiger partial charge is 0.386 e. The second kappa shape index (κ2) is 6.07. The fourth-order valence-electron chi connectivity index (χ4n) is 1.72. The first kappa shape index (κ1) is 14.6. The summed E-state index contributed by atoms with van der Waals surface area (Å²) >= 11 is 6.49. The maximum atomic E-state index is 13.1. The lowest BCUT2D eigenvalue weighted by Gasteiger charge is -2.12. The minimum atomic E-state index is -0.951. The molecule has 0 unspecified atom stereocenters. The lowest BCUT2D eigenvalue weighted by Crippen LogP contribution is -2.06. The Balaban J connectivity index is 2.25. The van der Waals surface area contributed by atoms with E-state index in [-0.39, 0.29) is 6.42 Å². The summed E-state index contributed by atoms with van der Waals surface area (Å²) < 4.78 is 27.4. The van der Waals surface area contributed by atoms with Crippen LogP contribution in [0.5, 0.6) is 0 Å². The average Bonchev–Trinajstić information content (AvgIpc) is 2.30. The zero-order chi connectivity index (χ0) is 14.0. The van der Waals surface area contributed by atoms with Crippen molar-refractivity contribution in [1.82, 2.24) is 4.98 Å². The van der Waals surface area contributed by atoms with Gasteiger partial charge in [0.1, 0.15) is 22.3 Å². The van der Waals surface area contributed by atoms with Crippen LogP contribution in [0.3, 0.4) is 0 Å². The van der Waals surface area contributed by atoms with Crippen molar-refractivity contribution in [3.8, 4) is 0 Å². The molecule has 0 amide bonds. The lowest BCUT2D eigenvalue weighted by molar-refractivity contribution is 0.172. The van der Waals surface area contributed by atoms with Gasteiger partial charge in [0.25, 0.3) is 0 Å². The summed E-state index contributed by atoms with van der Waals surface area (Å²) in [7, 11) is 0. The molecule has 1 N–H and O–H groups in total. The number of benzene rings is 1. The lowest BCUT2D eigenvalue weighted by atomic mass is 10.0. The average molecular weight is 393 g/mol. The molecule has 1 aromatic heterocycles. The number of nitrogens with zero attached hydrogens (tertiary/aromatic N) is 1. The first-order chi connectivity index (χ1) is 8.95. The third-order valence-corrected chi connectivity index (χ3v) is 3.62. The van der Waals surface area contributed by atoms with Crippen LogP contribution in [0.25, 0.3) is 0 Å². The molecule has 0 saturated heterocycles. The standard InChI is InChI=1S/C13H9Br2F2NO/c14-10-1-2-12(15)18-13(10)11(19)5-7-3-8(16)6-9(17)4-7/h1-4,6,11,19H,5H2/t11-/m1/s1. The van der Waals surface area contributed by atoms with Crippen molar-refractivity contribution in [2.24, 2.45) is 0 Å². The van der Waals surface area contributed by atoms with E-state index in [1.54, 1.807) is 12.1 Å². The van der Waals surface area contributed by atoms with Gasteiger partial charge in [0.15, 0.2) is 0 Å².